The van der Waals surface area contributed by atoms with Gasteiger partial charge in [-0.25, -0.2) is 4.98 Å². The van der Waals surface area contributed by atoms with Gasteiger partial charge in [0.25, 0.3) is 0 Å². The molecule has 3 rings (SSSR count). The zero-order valence-corrected chi connectivity index (χ0v) is 12.5. The van der Waals surface area contributed by atoms with Crippen molar-refractivity contribution in [2.75, 3.05) is 6.54 Å². The summed E-state index contributed by atoms with van der Waals surface area (Å²) in [6.45, 7) is 3.14. The van der Waals surface area contributed by atoms with Crippen molar-refractivity contribution >= 4 is 10.8 Å². The third-order valence-corrected chi connectivity index (χ3v) is 3.64. The molecule has 1 atom stereocenters. The van der Waals surface area contributed by atoms with E-state index in [1.54, 1.807) is 0 Å². The zero-order valence-electron chi connectivity index (χ0n) is 12.5. The van der Waals surface area contributed by atoms with E-state index in [4.69, 9.17) is 0 Å². The SMILES string of the molecule is CCCNC(c1cn(C)cn1)c1cccc2cnccc12. The highest BCUT2D eigenvalue weighted by Crippen LogP contribution is 2.27. The summed E-state index contributed by atoms with van der Waals surface area (Å²) >= 11 is 0. The predicted octanol–water partition coefficient (Wildman–Crippen LogP) is 3.06. The van der Waals surface area contributed by atoms with Crippen LogP contribution in [0.3, 0.4) is 0 Å². The molecule has 1 aromatic carbocycles. The molecule has 0 aliphatic heterocycles. The van der Waals surface area contributed by atoms with Gasteiger partial charge in [-0.1, -0.05) is 25.1 Å². The molecule has 0 aliphatic rings. The smallest absolute Gasteiger partial charge is 0.0947 e. The summed E-state index contributed by atoms with van der Waals surface area (Å²) in [6.07, 6.45) is 8.78. The van der Waals surface area contributed by atoms with Gasteiger partial charge in [0.05, 0.1) is 18.1 Å². The minimum Gasteiger partial charge on any atom is -0.340 e. The molecule has 2 heterocycles. The topological polar surface area (TPSA) is 42.7 Å². The summed E-state index contributed by atoms with van der Waals surface area (Å²) in [5, 5.41) is 6.00. The molecule has 108 valence electrons. The van der Waals surface area contributed by atoms with E-state index in [-0.39, 0.29) is 6.04 Å². The van der Waals surface area contributed by atoms with Crippen LogP contribution in [0.1, 0.15) is 30.6 Å². The number of hydrogen-bond donors (Lipinski definition) is 1. The van der Waals surface area contributed by atoms with Crippen molar-refractivity contribution in [2.45, 2.75) is 19.4 Å². The fourth-order valence-electron chi connectivity index (χ4n) is 2.64. The second-order valence-corrected chi connectivity index (χ2v) is 5.30. The van der Waals surface area contributed by atoms with Crippen LogP contribution in [0.5, 0.6) is 0 Å². The van der Waals surface area contributed by atoms with E-state index < -0.39 is 0 Å². The van der Waals surface area contributed by atoms with E-state index in [2.05, 4.69) is 52.7 Å². The van der Waals surface area contributed by atoms with Gasteiger partial charge in [0, 0.05) is 31.0 Å². The number of fused-ring (bicyclic) bond motifs is 1. The minimum absolute atomic E-state index is 0.109. The molecular formula is C17H20N4. The minimum atomic E-state index is 0.109. The van der Waals surface area contributed by atoms with E-state index in [9.17, 15) is 0 Å². The Balaban J connectivity index is 2.09. The highest BCUT2D eigenvalue weighted by atomic mass is 15.0. The lowest BCUT2D eigenvalue weighted by atomic mass is 9.98. The van der Waals surface area contributed by atoms with Crippen LogP contribution in [-0.4, -0.2) is 21.1 Å². The third-order valence-electron chi connectivity index (χ3n) is 3.64. The number of pyridine rings is 1. The van der Waals surface area contributed by atoms with E-state index in [1.807, 2.05) is 30.3 Å². The first-order valence-electron chi connectivity index (χ1n) is 7.33. The van der Waals surface area contributed by atoms with Crippen LogP contribution in [0, 0.1) is 0 Å². The van der Waals surface area contributed by atoms with E-state index in [0.717, 1.165) is 24.0 Å². The largest absolute Gasteiger partial charge is 0.340 e. The number of aromatic nitrogens is 3. The Hall–Kier alpha value is -2.20. The van der Waals surface area contributed by atoms with E-state index in [1.165, 1.54) is 10.9 Å². The van der Waals surface area contributed by atoms with Crippen LogP contribution in [-0.2, 0) is 7.05 Å². The molecule has 21 heavy (non-hydrogen) atoms. The molecule has 0 fully saturated rings. The Morgan fingerprint density at radius 1 is 1.29 bits per heavy atom. The van der Waals surface area contributed by atoms with Crippen LogP contribution in [0.4, 0.5) is 0 Å². The number of aryl methyl sites for hydroxylation is 1. The molecule has 0 amide bonds. The van der Waals surface area contributed by atoms with Crippen molar-refractivity contribution in [3.05, 3.63) is 60.4 Å². The molecule has 3 aromatic rings. The van der Waals surface area contributed by atoms with Gasteiger partial charge < -0.3 is 9.88 Å². The quantitative estimate of drug-likeness (QED) is 0.781. The van der Waals surface area contributed by atoms with Crippen molar-refractivity contribution in [2.24, 2.45) is 7.05 Å². The number of nitrogens with zero attached hydrogens (tertiary/aromatic N) is 3. The molecule has 0 radical (unpaired) electrons. The van der Waals surface area contributed by atoms with Gasteiger partial charge in [-0.3, -0.25) is 4.98 Å². The maximum Gasteiger partial charge on any atom is 0.0947 e. The van der Waals surface area contributed by atoms with Crippen LogP contribution in [0.25, 0.3) is 10.8 Å². The molecular weight excluding hydrogens is 260 g/mol. The lowest BCUT2D eigenvalue weighted by Crippen LogP contribution is -2.23. The van der Waals surface area contributed by atoms with Gasteiger partial charge in [0.15, 0.2) is 0 Å². The highest BCUT2D eigenvalue weighted by molar-refractivity contribution is 5.85. The van der Waals surface area contributed by atoms with Gasteiger partial charge in [-0.15, -0.1) is 0 Å². The first kappa shape index (κ1) is 13.8. The standard InChI is InChI=1S/C17H20N4/c1-3-8-19-17(16-11-21(2)12-20-16)15-6-4-5-13-10-18-9-7-14(13)15/h4-7,9-12,17,19H,3,8H2,1-2H3. The van der Waals surface area contributed by atoms with Gasteiger partial charge in [0.1, 0.15) is 0 Å². The second kappa shape index (κ2) is 6.06. The van der Waals surface area contributed by atoms with Crippen LogP contribution in [0.2, 0.25) is 0 Å². The molecule has 1 N–H and O–H groups in total. The van der Waals surface area contributed by atoms with Crippen molar-refractivity contribution in [1.82, 2.24) is 19.9 Å². The van der Waals surface area contributed by atoms with E-state index in [0.29, 0.717) is 0 Å². The normalized spacial score (nSPS) is 12.7. The summed E-state index contributed by atoms with van der Waals surface area (Å²) in [7, 11) is 2.00. The summed E-state index contributed by atoms with van der Waals surface area (Å²) in [5.74, 6) is 0. The van der Waals surface area contributed by atoms with Gasteiger partial charge in [-0.05, 0) is 30.0 Å². The van der Waals surface area contributed by atoms with Gasteiger partial charge >= 0.3 is 0 Å². The Bertz CT molecular complexity index is 727. The van der Waals surface area contributed by atoms with Crippen molar-refractivity contribution in [1.29, 1.82) is 0 Å². The summed E-state index contributed by atoms with van der Waals surface area (Å²) in [5.41, 5.74) is 2.30. The Morgan fingerprint density at radius 3 is 2.95 bits per heavy atom. The summed E-state index contributed by atoms with van der Waals surface area (Å²) in [4.78, 5) is 8.75. The summed E-state index contributed by atoms with van der Waals surface area (Å²) in [6, 6.07) is 8.54. The third kappa shape index (κ3) is 2.81. The molecule has 1 unspecified atom stereocenters. The predicted molar refractivity (Wildman–Crippen MR) is 85.1 cm³/mol. The number of rotatable bonds is 5. The Morgan fingerprint density at radius 2 is 2.19 bits per heavy atom. The number of nitrogens with one attached hydrogen (secondary N) is 1. The molecule has 0 spiro atoms. The maximum absolute atomic E-state index is 4.54. The van der Waals surface area contributed by atoms with Gasteiger partial charge in [-0.2, -0.15) is 0 Å². The van der Waals surface area contributed by atoms with E-state index >= 15 is 0 Å². The number of imidazole rings is 1. The fraction of sp³-hybridized carbons (Fsp3) is 0.294. The maximum atomic E-state index is 4.54. The van der Waals surface area contributed by atoms with Crippen LogP contribution in [0.15, 0.2) is 49.2 Å². The fourth-order valence-corrected chi connectivity index (χ4v) is 2.64. The average molecular weight is 280 g/mol. The molecule has 0 saturated carbocycles. The number of hydrogen-bond acceptors (Lipinski definition) is 3. The monoisotopic (exact) mass is 280 g/mol. The molecule has 4 nitrogen and oxygen atoms in total. The Labute approximate surface area is 124 Å². The van der Waals surface area contributed by atoms with Crippen molar-refractivity contribution in [3.63, 3.8) is 0 Å². The zero-order chi connectivity index (χ0) is 14.7. The van der Waals surface area contributed by atoms with Crippen LogP contribution < -0.4 is 5.32 Å². The molecule has 0 bridgehead atoms. The second-order valence-electron chi connectivity index (χ2n) is 5.30. The van der Waals surface area contributed by atoms with Crippen molar-refractivity contribution < 1.29 is 0 Å². The first-order valence-corrected chi connectivity index (χ1v) is 7.33. The Kier molecular flexibility index (Phi) is 3.97. The highest BCUT2D eigenvalue weighted by Gasteiger charge is 2.18. The van der Waals surface area contributed by atoms with Gasteiger partial charge in [0.2, 0.25) is 0 Å². The first-order chi connectivity index (χ1) is 10.3. The summed E-state index contributed by atoms with van der Waals surface area (Å²) < 4.78 is 1.99. The molecule has 4 heteroatoms. The van der Waals surface area contributed by atoms with Crippen molar-refractivity contribution in [3.8, 4) is 0 Å². The molecule has 0 aliphatic carbocycles. The number of benzene rings is 1. The molecule has 2 aromatic heterocycles. The lowest BCUT2D eigenvalue weighted by Gasteiger charge is -2.19. The molecule has 0 saturated heterocycles. The average Bonchev–Trinajstić information content (AvgIpc) is 2.94. The van der Waals surface area contributed by atoms with Crippen LogP contribution >= 0.6 is 0 Å². The lowest BCUT2D eigenvalue weighted by molar-refractivity contribution is 0.591.